The Labute approximate surface area is 198 Å². The molecule has 172 valence electrons. The molecule has 1 fully saturated rings. The highest BCUT2D eigenvalue weighted by Crippen LogP contribution is 2.26. The molecule has 1 amide bonds. The van der Waals surface area contributed by atoms with Crippen LogP contribution in [-0.2, 0) is 11.2 Å². The van der Waals surface area contributed by atoms with Crippen LogP contribution in [0, 0.1) is 12.8 Å². The van der Waals surface area contributed by atoms with Crippen molar-refractivity contribution in [3.8, 4) is 11.6 Å². The summed E-state index contributed by atoms with van der Waals surface area (Å²) in [7, 11) is 0. The first-order valence-electron chi connectivity index (χ1n) is 11.4. The van der Waals surface area contributed by atoms with Crippen LogP contribution in [0.15, 0.2) is 73.3 Å². The summed E-state index contributed by atoms with van der Waals surface area (Å²) < 4.78 is 11.8. The number of rotatable bonds is 5. The molecular weight excluding hydrogens is 428 g/mol. The molecule has 1 atom stereocenters. The SMILES string of the molecule is Cc1ccc(Oc2ncccc2C(=O)N2CCOCC(Cc3cncc4ccccc34)C2)cn1. The first-order valence-corrected chi connectivity index (χ1v) is 11.4. The Hall–Kier alpha value is -3.84. The molecule has 7 nitrogen and oxygen atoms in total. The van der Waals surface area contributed by atoms with E-state index in [9.17, 15) is 4.79 Å². The lowest BCUT2D eigenvalue weighted by atomic mass is 9.96. The topological polar surface area (TPSA) is 77.4 Å². The summed E-state index contributed by atoms with van der Waals surface area (Å²) in [5, 5.41) is 2.31. The van der Waals surface area contributed by atoms with Gasteiger partial charge in [-0.1, -0.05) is 24.3 Å². The summed E-state index contributed by atoms with van der Waals surface area (Å²) in [6.07, 6.45) is 7.83. The molecule has 3 aromatic heterocycles. The fraction of sp³-hybridized carbons (Fsp3) is 0.259. The van der Waals surface area contributed by atoms with Crippen molar-refractivity contribution in [2.75, 3.05) is 26.3 Å². The molecule has 0 aliphatic carbocycles. The minimum Gasteiger partial charge on any atom is -0.437 e. The predicted octanol–water partition coefficient (Wildman–Crippen LogP) is 4.46. The second kappa shape index (κ2) is 9.97. The normalized spacial score (nSPS) is 16.3. The molecule has 1 aliphatic heterocycles. The molecule has 4 heterocycles. The second-order valence-corrected chi connectivity index (χ2v) is 8.51. The highest BCUT2D eigenvalue weighted by Gasteiger charge is 2.26. The van der Waals surface area contributed by atoms with Gasteiger partial charge in [0.2, 0.25) is 5.88 Å². The van der Waals surface area contributed by atoms with Gasteiger partial charge in [-0.15, -0.1) is 0 Å². The van der Waals surface area contributed by atoms with Crippen molar-refractivity contribution in [3.63, 3.8) is 0 Å². The number of hydrogen-bond donors (Lipinski definition) is 0. The molecule has 0 spiro atoms. The quantitative estimate of drug-likeness (QED) is 0.443. The van der Waals surface area contributed by atoms with Gasteiger partial charge in [0.25, 0.3) is 5.91 Å². The van der Waals surface area contributed by atoms with Crippen LogP contribution < -0.4 is 4.74 Å². The molecule has 0 saturated carbocycles. The van der Waals surface area contributed by atoms with Gasteiger partial charge < -0.3 is 14.4 Å². The third-order valence-corrected chi connectivity index (χ3v) is 5.98. The van der Waals surface area contributed by atoms with Gasteiger partial charge in [0.05, 0.1) is 19.4 Å². The van der Waals surface area contributed by atoms with Crippen LogP contribution in [0.1, 0.15) is 21.6 Å². The van der Waals surface area contributed by atoms with E-state index in [4.69, 9.17) is 9.47 Å². The van der Waals surface area contributed by atoms with Gasteiger partial charge in [0, 0.05) is 48.7 Å². The molecule has 5 rings (SSSR count). The van der Waals surface area contributed by atoms with Crippen LogP contribution in [0.25, 0.3) is 10.8 Å². The summed E-state index contributed by atoms with van der Waals surface area (Å²) in [6.45, 7) is 4.10. The number of fused-ring (bicyclic) bond motifs is 1. The largest absolute Gasteiger partial charge is 0.437 e. The number of nitrogens with zero attached hydrogens (tertiary/aromatic N) is 4. The van der Waals surface area contributed by atoms with E-state index in [1.54, 1.807) is 24.5 Å². The van der Waals surface area contributed by atoms with Gasteiger partial charge >= 0.3 is 0 Å². The first-order chi connectivity index (χ1) is 16.7. The molecule has 1 saturated heterocycles. The van der Waals surface area contributed by atoms with Gasteiger partial charge in [0.15, 0.2) is 0 Å². The lowest BCUT2D eigenvalue weighted by molar-refractivity contribution is 0.0734. The smallest absolute Gasteiger partial charge is 0.259 e. The summed E-state index contributed by atoms with van der Waals surface area (Å²) in [6, 6.07) is 15.4. The molecule has 0 bridgehead atoms. The number of aryl methyl sites for hydroxylation is 1. The van der Waals surface area contributed by atoms with Crippen molar-refractivity contribution in [1.82, 2.24) is 19.9 Å². The van der Waals surface area contributed by atoms with E-state index in [0.717, 1.165) is 17.5 Å². The molecule has 7 heteroatoms. The molecule has 1 unspecified atom stereocenters. The second-order valence-electron chi connectivity index (χ2n) is 8.51. The van der Waals surface area contributed by atoms with Crippen molar-refractivity contribution in [1.29, 1.82) is 0 Å². The molecule has 0 N–H and O–H groups in total. The zero-order valence-electron chi connectivity index (χ0n) is 19.1. The van der Waals surface area contributed by atoms with Crippen LogP contribution in [0.4, 0.5) is 0 Å². The molecule has 0 radical (unpaired) electrons. The van der Waals surface area contributed by atoms with Crippen molar-refractivity contribution >= 4 is 16.7 Å². The number of carbonyl (C=O) groups is 1. The number of benzene rings is 1. The maximum Gasteiger partial charge on any atom is 0.259 e. The fourth-order valence-electron chi connectivity index (χ4n) is 4.27. The zero-order valence-corrected chi connectivity index (χ0v) is 19.1. The zero-order chi connectivity index (χ0) is 23.3. The molecule has 1 aromatic carbocycles. The van der Waals surface area contributed by atoms with Crippen LogP contribution in [0.2, 0.25) is 0 Å². The molecule has 1 aliphatic rings. The first kappa shape index (κ1) is 22.0. The lowest BCUT2D eigenvalue weighted by Crippen LogP contribution is -2.36. The van der Waals surface area contributed by atoms with Crippen LogP contribution in [0.5, 0.6) is 11.6 Å². The molecular formula is C27H26N4O3. The summed E-state index contributed by atoms with van der Waals surface area (Å²) in [4.78, 5) is 28.4. The molecule has 34 heavy (non-hydrogen) atoms. The van der Waals surface area contributed by atoms with Crippen LogP contribution >= 0.6 is 0 Å². The standard InChI is InChI=1S/C27H26N4O3/c1-19-8-9-23(16-30-19)34-26-25(7-4-10-29-26)27(32)31-11-12-33-18-20(17-31)13-22-15-28-14-21-5-2-3-6-24(21)22/h2-10,14-16,20H,11-13,17-18H2,1H3. The summed E-state index contributed by atoms with van der Waals surface area (Å²) >= 11 is 0. The highest BCUT2D eigenvalue weighted by atomic mass is 16.5. The Balaban J connectivity index is 1.35. The summed E-state index contributed by atoms with van der Waals surface area (Å²) in [5.74, 6) is 0.855. The van der Waals surface area contributed by atoms with E-state index in [-0.39, 0.29) is 17.7 Å². The van der Waals surface area contributed by atoms with Crippen molar-refractivity contribution in [2.24, 2.45) is 5.92 Å². The summed E-state index contributed by atoms with van der Waals surface area (Å²) in [5.41, 5.74) is 2.48. The number of amides is 1. The van der Waals surface area contributed by atoms with Crippen LogP contribution in [-0.4, -0.2) is 52.1 Å². The maximum atomic E-state index is 13.6. The van der Waals surface area contributed by atoms with Gasteiger partial charge in [-0.25, -0.2) is 4.98 Å². The Bertz CT molecular complexity index is 1290. The average molecular weight is 455 g/mol. The van der Waals surface area contributed by atoms with Gasteiger partial charge in [-0.2, -0.15) is 0 Å². The predicted molar refractivity (Wildman–Crippen MR) is 129 cm³/mol. The van der Waals surface area contributed by atoms with Gasteiger partial charge in [-0.05, 0) is 48.6 Å². The maximum absolute atomic E-state index is 13.6. The minimum atomic E-state index is -0.116. The minimum absolute atomic E-state index is 0.116. The van der Waals surface area contributed by atoms with E-state index < -0.39 is 0 Å². The van der Waals surface area contributed by atoms with E-state index in [1.807, 2.05) is 48.5 Å². The number of ether oxygens (including phenoxy) is 2. The Morgan fingerprint density at radius 1 is 1.09 bits per heavy atom. The third kappa shape index (κ3) is 4.89. The molecule has 4 aromatic rings. The van der Waals surface area contributed by atoms with E-state index in [1.165, 1.54) is 10.9 Å². The van der Waals surface area contributed by atoms with E-state index in [2.05, 4.69) is 27.1 Å². The number of carbonyl (C=O) groups excluding carboxylic acids is 1. The Kier molecular flexibility index (Phi) is 6.44. The monoisotopic (exact) mass is 454 g/mol. The van der Waals surface area contributed by atoms with E-state index >= 15 is 0 Å². The Morgan fingerprint density at radius 2 is 2.00 bits per heavy atom. The Morgan fingerprint density at radius 3 is 2.88 bits per heavy atom. The van der Waals surface area contributed by atoms with Crippen molar-refractivity contribution in [2.45, 2.75) is 13.3 Å². The average Bonchev–Trinajstić information content (AvgIpc) is 3.11. The van der Waals surface area contributed by atoms with Crippen molar-refractivity contribution < 1.29 is 14.3 Å². The highest BCUT2D eigenvalue weighted by molar-refractivity contribution is 5.96. The van der Waals surface area contributed by atoms with Gasteiger partial charge in [0.1, 0.15) is 11.3 Å². The fourth-order valence-corrected chi connectivity index (χ4v) is 4.27. The number of aromatic nitrogens is 3. The number of pyridine rings is 3. The number of hydrogen-bond acceptors (Lipinski definition) is 6. The lowest BCUT2D eigenvalue weighted by Gasteiger charge is -2.24. The van der Waals surface area contributed by atoms with Crippen molar-refractivity contribution in [3.05, 3.63) is 90.1 Å². The van der Waals surface area contributed by atoms with Gasteiger partial charge in [-0.3, -0.25) is 14.8 Å². The van der Waals surface area contributed by atoms with Crippen LogP contribution in [0.3, 0.4) is 0 Å². The third-order valence-electron chi connectivity index (χ3n) is 5.98. The van der Waals surface area contributed by atoms with E-state index in [0.29, 0.717) is 37.6 Å².